The van der Waals surface area contributed by atoms with Crippen molar-refractivity contribution in [1.29, 1.82) is 0 Å². The minimum atomic E-state index is -4.61. The number of methoxy groups -OCH3 is 2. The summed E-state index contributed by atoms with van der Waals surface area (Å²) in [4.78, 5) is 13.6. The van der Waals surface area contributed by atoms with E-state index in [0.717, 1.165) is 41.2 Å². The Balaban J connectivity index is 1.54. The van der Waals surface area contributed by atoms with E-state index in [0.29, 0.717) is 46.4 Å². The first-order valence-corrected chi connectivity index (χ1v) is 14.6. The van der Waals surface area contributed by atoms with Crippen molar-refractivity contribution in [1.82, 2.24) is 25.6 Å². The molecule has 8 nitrogen and oxygen atoms in total. The van der Waals surface area contributed by atoms with Crippen LogP contribution in [0.3, 0.4) is 0 Å². The first kappa shape index (κ1) is 31.5. The van der Waals surface area contributed by atoms with Gasteiger partial charge in [-0.05, 0) is 62.7 Å². The molecule has 0 fully saturated rings. The van der Waals surface area contributed by atoms with Crippen molar-refractivity contribution in [2.75, 3.05) is 33.6 Å². The van der Waals surface area contributed by atoms with E-state index in [1.54, 1.807) is 26.4 Å². The van der Waals surface area contributed by atoms with Gasteiger partial charge in [0.1, 0.15) is 5.82 Å². The topological polar surface area (TPSA) is 93.2 Å². The van der Waals surface area contributed by atoms with Gasteiger partial charge in [0.05, 0.1) is 42.2 Å². The molecule has 1 aromatic carbocycles. The number of hydrogen-bond donors (Lipinski definition) is 3. The molecule has 0 spiro atoms. The number of hydrogen-bond acceptors (Lipinski definition) is 8. The molecule has 3 heterocycles. The molecule has 5 rings (SSSR count). The Morgan fingerprint density at radius 2 is 1.66 bits per heavy atom. The standard InChI is InChI=1S/C32H34ClF3N6O2/c1-37-16-18-11-12-26(41-30(18)43-3)23-13-14-39-28(27(23)33)22-9-5-8-21-20(22)7-6-10-25(21)40-29-24(32(34,35)36)15-19(17-38-2)31(42-29)44-4/h5,8-9,11-15,25,37-38H,6-7,10,16-17H2,1-4H3,(H,40,42)/t25-/m0/s1. The molecule has 0 saturated heterocycles. The first-order chi connectivity index (χ1) is 21.2. The maximum atomic E-state index is 14.2. The molecule has 12 heteroatoms. The van der Waals surface area contributed by atoms with E-state index in [-0.39, 0.29) is 18.2 Å². The zero-order chi connectivity index (χ0) is 31.4. The van der Waals surface area contributed by atoms with E-state index in [1.165, 1.54) is 7.11 Å². The summed E-state index contributed by atoms with van der Waals surface area (Å²) in [5, 5.41) is 9.50. The van der Waals surface area contributed by atoms with Crippen LogP contribution in [-0.4, -0.2) is 43.3 Å². The van der Waals surface area contributed by atoms with Gasteiger partial charge in [-0.3, -0.25) is 4.98 Å². The lowest BCUT2D eigenvalue weighted by molar-refractivity contribution is -0.137. The highest BCUT2D eigenvalue weighted by atomic mass is 35.5. The zero-order valence-corrected chi connectivity index (χ0v) is 25.7. The van der Waals surface area contributed by atoms with Crippen LogP contribution in [0, 0.1) is 0 Å². The summed E-state index contributed by atoms with van der Waals surface area (Å²) in [6.07, 6.45) is -0.826. The molecule has 232 valence electrons. The second-order valence-electron chi connectivity index (χ2n) is 10.5. The Morgan fingerprint density at radius 1 is 0.932 bits per heavy atom. The molecule has 1 atom stereocenters. The van der Waals surface area contributed by atoms with Gasteiger partial charge in [0, 0.05) is 41.5 Å². The summed E-state index contributed by atoms with van der Waals surface area (Å²) in [7, 11) is 6.48. The highest BCUT2D eigenvalue weighted by Crippen LogP contribution is 2.43. The van der Waals surface area contributed by atoms with Crippen molar-refractivity contribution in [3.05, 3.63) is 81.5 Å². The number of halogens is 4. The van der Waals surface area contributed by atoms with E-state index in [9.17, 15) is 13.2 Å². The van der Waals surface area contributed by atoms with Crippen LogP contribution in [0.4, 0.5) is 19.0 Å². The molecule has 0 saturated carbocycles. The molecular formula is C32H34ClF3N6O2. The molecule has 0 aliphatic heterocycles. The molecule has 4 aromatic rings. The van der Waals surface area contributed by atoms with Crippen LogP contribution < -0.4 is 25.4 Å². The zero-order valence-electron chi connectivity index (χ0n) is 24.9. The number of alkyl halides is 3. The summed E-state index contributed by atoms with van der Waals surface area (Å²) in [5.41, 5.74) is 4.99. The number of anilines is 1. The van der Waals surface area contributed by atoms with Crippen LogP contribution >= 0.6 is 11.6 Å². The Labute approximate surface area is 259 Å². The van der Waals surface area contributed by atoms with E-state index < -0.39 is 17.8 Å². The van der Waals surface area contributed by atoms with E-state index >= 15 is 0 Å². The van der Waals surface area contributed by atoms with Crippen molar-refractivity contribution in [2.45, 2.75) is 44.6 Å². The van der Waals surface area contributed by atoms with Gasteiger partial charge in [-0.25, -0.2) is 4.98 Å². The van der Waals surface area contributed by atoms with Crippen LogP contribution in [0.2, 0.25) is 5.02 Å². The fourth-order valence-electron chi connectivity index (χ4n) is 5.69. The van der Waals surface area contributed by atoms with Crippen molar-refractivity contribution < 1.29 is 22.6 Å². The molecule has 0 unspecified atom stereocenters. The largest absolute Gasteiger partial charge is 0.481 e. The number of nitrogens with zero attached hydrogens (tertiary/aromatic N) is 3. The van der Waals surface area contributed by atoms with Crippen LogP contribution in [0.25, 0.3) is 22.5 Å². The molecule has 3 N–H and O–H groups in total. The number of pyridine rings is 3. The van der Waals surface area contributed by atoms with E-state index in [2.05, 4.69) is 30.9 Å². The van der Waals surface area contributed by atoms with Gasteiger partial charge in [-0.1, -0.05) is 35.9 Å². The molecule has 1 aliphatic rings. The average Bonchev–Trinajstić information content (AvgIpc) is 3.01. The van der Waals surface area contributed by atoms with Crippen LogP contribution in [0.1, 0.15) is 46.7 Å². The normalized spacial score (nSPS) is 14.7. The maximum Gasteiger partial charge on any atom is 0.419 e. The second-order valence-corrected chi connectivity index (χ2v) is 10.8. The Morgan fingerprint density at radius 3 is 2.36 bits per heavy atom. The Kier molecular flexibility index (Phi) is 9.57. The second kappa shape index (κ2) is 13.4. The first-order valence-electron chi connectivity index (χ1n) is 14.2. The fourth-order valence-corrected chi connectivity index (χ4v) is 6.00. The van der Waals surface area contributed by atoms with Gasteiger partial charge in [0.15, 0.2) is 0 Å². The smallest absolute Gasteiger partial charge is 0.419 e. The van der Waals surface area contributed by atoms with Crippen LogP contribution in [0.15, 0.2) is 48.7 Å². The molecule has 1 aliphatic carbocycles. The highest BCUT2D eigenvalue weighted by molar-refractivity contribution is 6.35. The number of ether oxygens (including phenoxy) is 2. The Hall–Kier alpha value is -3.93. The lowest BCUT2D eigenvalue weighted by Crippen LogP contribution is -2.22. The minimum absolute atomic E-state index is 0.136. The van der Waals surface area contributed by atoms with Crippen LogP contribution in [-0.2, 0) is 25.7 Å². The quantitative estimate of drug-likeness (QED) is 0.177. The minimum Gasteiger partial charge on any atom is -0.481 e. The van der Waals surface area contributed by atoms with Crippen molar-refractivity contribution in [3.8, 4) is 34.3 Å². The van der Waals surface area contributed by atoms with Gasteiger partial charge < -0.3 is 25.4 Å². The lowest BCUT2D eigenvalue weighted by atomic mass is 9.83. The van der Waals surface area contributed by atoms with Crippen molar-refractivity contribution in [2.24, 2.45) is 0 Å². The van der Waals surface area contributed by atoms with Gasteiger partial charge in [0.2, 0.25) is 11.8 Å². The number of nitrogens with one attached hydrogen (secondary N) is 3. The van der Waals surface area contributed by atoms with Gasteiger partial charge in [-0.2, -0.15) is 18.2 Å². The predicted octanol–water partition coefficient (Wildman–Crippen LogP) is 6.82. The fraction of sp³-hybridized carbons (Fsp3) is 0.344. The third kappa shape index (κ3) is 6.31. The Bertz CT molecular complexity index is 1650. The molecular weight excluding hydrogens is 593 g/mol. The summed E-state index contributed by atoms with van der Waals surface area (Å²) in [5.74, 6) is 0.369. The SMILES string of the molecule is CNCc1ccc(-c2ccnc(-c3cccc4c3CCC[C@@H]4Nc3nc(OC)c(CNC)cc3C(F)(F)F)c2Cl)nc1OC. The van der Waals surface area contributed by atoms with Gasteiger partial charge >= 0.3 is 6.18 Å². The molecule has 44 heavy (non-hydrogen) atoms. The molecule has 3 aromatic heterocycles. The molecule has 0 amide bonds. The van der Waals surface area contributed by atoms with E-state index in [1.807, 2.05) is 37.4 Å². The van der Waals surface area contributed by atoms with E-state index in [4.69, 9.17) is 21.1 Å². The predicted molar refractivity (Wildman–Crippen MR) is 165 cm³/mol. The average molecular weight is 627 g/mol. The number of benzene rings is 1. The van der Waals surface area contributed by atoms with Crippen LogP contribution in [0.5, 0.6) is 11.8 Å². The maximum absolute atomic E-state index is 14.2. The summed E-state index contributed by atoms with van der Waals surface area (Å²) in [6.45, 7) is 0.786. The third-order valence-corrected chi connectivity index (χ3v) is 8.05. The van der Waals surface area contributed by atoms with Crippen molar-refractivity contribution in [3.63, 3.8) is 0 Å². The summed E-state index contributed by atoms with van der Waals surface area (Å²) < 4.78 is 53.4. The number of fused-ring (bicyclic) bond motifs is 1. The summed E-state index contributed by atoms with van der Waals surface area (Å²) in [6, 6.07) is 12.1. The van der Waals surface area contributed by atoms with Gasteiger partial charge in [0.25, 0.3) is 0 Å². The number of aromatic nitrogens is 3. The molecule has 0 radical (unpaired) electrons. The highest BCUT2D eigenvalue weighted by Gasteiger charge is 2.37. The molecule has 0 bridgehead atoms. The summed E-state index contributed by atoms with van der Waals surface area (Å²) >= 11 is 7.00. The van der Waals surface area contributed by atoms with Gasteiger partial charge in [-0.15, -0.1) is 0 Å². The number of rotatable bonds is 10. The third-order valence-electron chi connectivity index (χ3n) is 7.67. The monoisotopic (exact) mass is 626 g/mol. The lowest BCUT2D eigenvalue weighted by Gasteiger charge is -2.30. The van der Waals surface area contributed by atoms with Crippen molar-refractivity contribution >= 4 is 17.4 Å².